The van der Waals surface area contributed by atoms with Gasteiger partial charge in [0.25, 0.3) is 0 Å². The number of amides is 2. The standard InChI is InChI=1S/C20H25N3O2/c1-16-7-9-18(10-8-16)21-20(25)23-13-11-22(12-14-23)15-19(24)17-5-3-2-4-6-17/h2-10,19,24H,11-15H2,1H3,(H,21,25). The molecule has 1 heterocycles. The second-order valence-corrected chi connectivity index (χ2v) is 6.51. The Balaban J connectivity index is 1.46. The molecule has 2 aromatic rings. The third-order valence-corrected chi connectivity index (χ3v) is 4.58. The summed E-state index contributed by atoms with van der Waals surface area (Å²) in [5.41, 5.74) is 2.92. The molecular weight excluding hydrogens is 314 g/mol. The lowest BCUT2D eigenvalue weighted by Gasteiger charge is -2.35. The van der Waals surface area contributed by atoms with Crippen LogP contribution in [0.15, 0.2) is 54.6 Å². The number of hydrogen-bond acceptors (Lipinski definition) is 3. The summed E-state index contributed by atoms with van der Waals surface area (Å²) in [4.78, 5) is 16.4. The molecule has 1 unspecified atom stereocenters. The highest BCUT2D eigenvalue weighted by molar-refractivity contribution is 5.89. The fourth-order valence-corrected chi connectivity index (χ4v) is 3.00. The molecule has 1 saturated heterocycles. The SMILES string of the molecule is Cc1ccc(NC(=O)N2CCN(CC(O)c3ccccc3)CC2)cc1. The zero-order chi connectivity index (χ0) is 17.6. The predicted octanol–water partition coefficient (Wildman–Crippen LogP) is 2.88. The first-order chi connectivity index (χ1) is 12.1. The first kappa shape index (κ1) is 17.5. The van der Waals surface area contributed by atoms with Gasteiger partial charge in [-0.25, -0.2) is 4.79 Å². The van der Waals surface area contributed by atoms with Crippen LogP contribution in [0.5, 0.6) is 0 Å². The van der Waals surface area contributed by atoms with Gasteiger partial charge in [0.1, 0.15) is 0 Å². The first-order valence-electron chi connectivity index (χ1n) is 8.70. The summed E-state index contributed by atoms with van der Waals surface area (Å²) in [6.07, 6.45) is -0.492. The zero-order valence-corrected chi connectivity index (χ0v) is 14.6. The average Bonchev–Trinajstić information content (AvgIpc) is 2.65. The lowest BCUT2D eigenvalue weighted by Crippen LogP contribution is -2.50. The van der Waals surface area contributed by atoms with Crippen molar-refractivity contribution in [1.29, 1.82) is 0 Å². The number of anilines is 1. The molecule has 1 fully saturated rings. The Hall–Kier alpha value is -2.37. The Morgan fingerprint density at radius 2 is 1.68 bits per heavy atom. The van der Waals surface area contributed by atoms with Gasteiger partial charge < -0.3 is 15.3 Å². The molecule has 5 nitrogen and oxygen atoms in total. The van der Waals surface area contributed by atoms with Crippen molar-refractivity contribution in [3.05, 3.63) is 65.7 Å². The van der Waals surface area contributed by atoms with Crippen LogP contribution in [0.25, 0.3) is 0 Å². The van der Waals surface area contributed by atoms with Crippen LogP contribution in [0.1, 0.15) is 17.2 Å². The number of piperazine rings is 1. The number of nitrogens with one attached hydrogen (secondary N) is 1. The van der Waals surface area contributed by atoms with Gasteiger partial charge in [-0.05, 0) is 24.6 Å². The third-order valence-electron chi connectivity index (χ3n) is 4.58. The van der Waals surface area contributed by atoms with E-state index in [-0.39, 0.29) is 6.03 Å². The molecule has 2 amide bonds. The van der Waals surface area contributed by atoms with Crippen molar-refractivity contribution < 1.29 is 9.90 Å². The Bertz CT molecular complexity index is 680. The van der Waals surface area contributed by atoms with E-state index in [1.54, 1.807) is 0 Å². The average molecular weight is 339 g/mol. The van der Waals surface area contributed by atoms with Crippen LogP contribution in [0.3, 0.4) is 0 Å². The molecule has 0 aromatic heterocycles. The molecule has 2 N–H and O–H groups in total. The molecule has 1 aliphatic rings. The topological polar surface area (TPSA) is 55.8 Å². The maximum absolute atomic E-state index is 12.3. The summed E-state index contributed by atoms with van der Waals surface area (Å²) >= 11 is 0. The number of β-amino-alcohol motifs (C(OH)–C–C–N with tert-alkyl or cyclic N) is 1. The fraction of sp³-hybridized carbons (Fsp3) is 0.350. The van der Waals surface area contributed by atoms with E-state index < -0.39 is 6.10 Å². The van der Waals surface area contributed by atoms with Gasteiger partial charge in [-0.1, -0.05) is 48.0 Å². The maximum atomic E-state index is 12.3. The molecule has 0 spiro atoms. The number of nitrogens with zero attached hydrogens (tertiary/aromatic N) is 2. The van der Waals surface area contributed by atoms with Crippen LogP contribution in [0.4, 0.5) is 10.5 Å². The number of hydrogen-bond donors (Lipinski definition) is 2. The second-order valence-electron chi connectivity index (χ2n) is 6.51. The Morgan fingerprint density at radius 3 is 2.32 bits per heavy atom. The molecule has 3 rings (SSSR count). The lowest BCUT2D eigenvalue weighted by molar-refractivity contribution is 0.0831. The Labute approximate surface area is 148 Å². The van der Waals surface area contributed by atoms with Gasteiger partial charge in [-0.3, -0.25) is 4.90 Å². The van der Waals surface area contributed by atoms with Crippen LogP contribution >= 0.6 is 0 Å². The smallest absolute Gasteiger partial charge is 0.321 e. The van der Waals surface area contributed by atoms with E-state index in [9.17, 15) is 9.90 Å². The predicted molar refractivity (Wildman–Crippen MR) is 99.6 cm³/mol. The van der Waals surface area contributed by atoms with Crippen molar-refractivity contribution in [2.75, 3.05) is 38.0 Å². The first-order valence-corrected chi connectivity index (χ1v) is 8.70. The van der Waals surface area contributed by atoms with Gasteiger partial charge in [-0.2, -0.15) is 0 Å². The van der Waals surface area contributed by atoms with Crippen molar-refractivity contribution in [3.8, 4) is 0 Å². The number of carbonyl (C=O) groups is 1. The van der Waals surface area contributed by atoms with E-state index in [0.29, 0.717) is 19.6 Å². The number of carbonyl (C=O) groups excluding carboxylic acids is 1. The van der Waals surface area contributed by atoms with Gasteiger partial charge in [-0.15, -0.1) is 0 Å². The molecule has 25 heavy (non-hydrogen) atoms. The number of aryl methyl sites for hydroxylation is 1. The molecule has 1 aliphatic heterocycles. The van der Waals surface area contributed by atoms with E-state index in [4.69, 9.17) is 0 Å². The number of benzene rings is 2. The van der Waals surface area contributed by atoms with E-state index in [0.717, 1.165) is 24.3 Å². The number of aliphatic hydroxyl groups is 1. The lowest BCUT2D eigenvalue weighted by atomic mass is 10.1. The highest BCUT2D eigenvalue weighted by atomic mass is 16.3. The second kappa shape index (κ2) is 8.14. The molecule has 1 atom stereocenters. The number of urea groups is 1. The minimum Gasteiger partial charge on any atom is -0.387 e. The van der Waals surface area contributed by atoms with E-state index >= 15 is 0 Å². The van der Waals surface area contributed by atoms with Crippen LogP contribution in [0.2, 0.25) is 0 Å². The highest BCUT2D eigenvalue weighted by Crippen LogP contribution is 2.16. The van der Waals surface area contributed by atoms with Crippen molar-refractivity contribution in [2.45, 2.75) is 13.0 Å². The van der Waals surface area contributed by atoms with Crippen LogP contribution in [0, 0.1) is 6.92 Å². The molecule has 5 heteroatoms. The van der Waals surface area contributed by atoms with Gasteiger partial charge >= 0.3 is 6.03 Å². The van der Waals surface area contributed by atoms with Gasteiger partial charge in [0.2, 0.25) is 0 Å². The minimum absolute atomic E-state index is 0.0629. The molecule has 0 saturated carbocycles. The third kappa shape index (κ3) is 4.81. The molecule has 0 aliphatic carbocycles. The summed E-state index contributed by atoms with van der Waals surface area (Å²) < 4.78 is 0. The maximum Gasteiger partial charge on any atom is 0.321 e. The van der Waals surface area contributed by atoms with Crippen LogP contribution in [-0.4, -0.2) is 53.7 Å². The summed E-state index contributed by atoms with van der Waals surface area (Å²) in [7, 11) is 0. The molecule has 132 valence electrons. The summed E-state index contributed by atoms with van der Waals surface area (Å²) in [6, 6.07) is 17.4. The summed E-state index contributed by atoms with van der Waals surface area (Å²) in [5.74, 6) is 0. The summed E-state index contributed by atoms with van der Waals surface area (Å²) in [5, 5.41) is 13.3. The van der Waals surface area contributed by atoms with Crippen molar-refractivity contribution in [3.63, 3.8) is 0 Å². The van der Waals surface area contributed by atoms with Gasteiger partial charge in [0, 0.05) is 38.4 Å². The van der Waals surface area contributed by atoms with E-state index in [1.165, 1.54) is 5.56 Å². The molecule has 0 radical (unpaired) electrons. The highest BCUT2D eigenvalue weighted by Gasteiger charge is 2.23. The normalized spacial score (nSPS) is 16.5. The quantitative estimate of drug-likeness (QED) is 0.900. The molecule has 2 aromatic carbocycles. The van der Waals surface area contributed by atoms with Crippen molar-refractivity contribution >= 4 is 11.7 Å². The zero-order valence-electron chi connectivity index (χ0n) is 14.6. The van der Waals surface area contributed by atoms with E-state index in [2.05, 4.69) is 10.2 Å². The largest absolute Gasteiger partial charge is 0.387 e. The number of aliphatic hydroxyl groups excluding tert-OH is 1. The minimum atomic E-state index is -0.492. The monoisotopic (exact) mass is 339 g/mol. The van der Waals surface area contributed by atoms with E-state index in [1.807, 2.05) is 66.4 Å². The van der Waals surface area contributed by atoms with Gasteiger partial charge in [0.15, 0.2) is 0 Å². The fourth-order valence-electron chi connectivity index (χ4n) is 3.00. The van der Waals surface area contributed by atoms with Gasteiger partial charge in [0.05, 0.1) is 6.10 Å². The molecule has 0 bridgehead atoms. The Morgan fingerprint density at radius 1 is 1.04 bits per heavy atom. The summed E-state index contributed by atoms with van der Waals surface area (Å²) in [6.45, 7) is 5.49. The van der Waals surface area contributed by atoms with Crippen LogP contribution in [-0.2, 0) is 0 Å². The molecular formula is C20H25N3O2. The van der Waals surface area contributed by atoms with Crippen LogP contribution < -0.4 is 5.32 Å². The Kier molecular flexibility index (Phi) is 5.68. The van der Waals surface area contributed by atoms with Crippen molar-refractivity contribution in [2.24, 2.45) is 0 Å². The number of rotatable bonds is 4. The van der Waals surface area contributed by atoms with Crippen molar-refractivity contribution in [1.82, 2.24) is 9.80 Å².